The van der Waals surface area contributed by atoms with Gasteiger partial charge in [0.25, 0.3) is 0 Å². The molecule has 1 amide bonds. The fourth-order valence-corrected chi connectivity index (χ4v) is 3.90. The van der Waals surface area contributed by atoms with Gasteiger partial charge in [0.05, 0.1) is 24.2 Å². The van der Waals surface area contributed by atoms with Gasteiger partial charge in [0.1, 0.15) is 11.6 Å². The summed E-state index contributed by atoms with van der Waals surface area (Å²) in [6.07, 6.45) is 4.20. The van der Waals surface area contributed by atoms with Crippen molar-refractivity contribution in [1.29, 1.82) is 0 Å². The molecule has 33 heavy (non-hydrogen) atoms. The lowest BCUT2D eigenvalue weighted by Crippen LogP contribution is -2.23. The molecule has 0 aliphatic heterocycles. The van der Waals surface area contributed by atoms with Crippen molar-refractivity contribution in [3.8, 4) is 5.75 Å². The first kappa shape index (κ1) is 22.3. The molecule has 0 saturated carbocycles. The number of nitrogens with one attached hydrogen (secondary N) is 1. The Balaban J connectivity index is 1.39. The summed E-state index contributed by atoms with van der Waals surface area (Å²) in [5.74, 6) is 1.60. The van der Waals surface area contributed by atoms with Crippen molar-refractivity contribution in [2.45, 2.75) is 33.4 Å². The van der Waals surface area contributed by atoms with E-state index in [1.807, 2.05) is 54.6 Å². The number of rotatable bonds is 9. The molecule has 0 radical (unpaired) electrons. The minimum absolute atomic E-state index is 0.143. The Kier molecular flexibility index (Phi) is 7.20. The van der Waals surface area contributed by atoms with E-state index in [4.69, 9.17) is 9.72 Å². The van der Waals surface area contributed by atoms with E-state index >= 15 is 0 Å². The fraction of sp³-hybridized carbons (Fsp3) is 0.214. The normalized spacial score (nSPS) is 11.2. The molecule has 1 aromatic heterocycles. The maximum absolute atomic E-state index is 12.3. The van der Waals surface area contributed by atoms with Crippen LogP contribution in [0.2, 0.25) is 0 Å². The first-order valence-corrected chi connectivity index (χ1v) is 11.2. The largest absolute Gasteiger partial charge is 0.494 e. The molecule has 0 aliphatic rings. The molecule has 3 aromatic carbocycles. The van der Waals surface area contributed by atoms with Gasteiger partial charge in [0.15, 0.2) is 0 Å². The third-order valence-corrected chi connectivity index (χ3v) is 5.37. The summed E-state index contributed by atoms with van der Waals surface area (Å²) in [5.41, 5.74) is 5.38. The molecule has 0 aliphatic carbocycles. The Morgan fingerprint density at radius 2 is 1.73 bits per heavy atom. The quantitative estimate of drug-likeness (QED) is 0.279. The molecule has 0 fully saturated rings. The molecular weight excluding hydrogens is 410 g/mol. The second-order valence-corrected chi connectivity index (χ2v) is 8.16. The number of carbonyl (C=O) groups excluding carboxylic acids is 1. The number of aryl methyl sites for hydroxylation is 3. The molecule has 5 nitrogen and oxygen atoms in total. The Hall–Kier alpha value is -3.86. The van der Waals surface area contributed by atoms with Gasteiger partial charge < -0.3 is 14.6 Å². The molecule has 4 aromatic rings. The van der Waals surface area contributed by atoms with Crippen LogP contribution in [-0.4, -0.2) is 22.1 Å². The van der Waals surface area contributed by atoms with Gasteiger partial charge in [-0.25, -0.2) is 4.98 Å². The van der Waals surface area contributed by atoms with E-state index < -0.39 is 0 Å². The van der Waals surface area contributed by atoms with Crippen LogP contribution in [0.15, 0.2) is 78.9 Å². The lowest BCUT2D eigenvalue weighted by atomic mass is 10.1. The first-order valence-electron chi connectivity index (χ1n) is 11.2. The molecule has 5 heteroatoms. The minimum atomic E-state index is -0.143. The lowest BCUT2D eigenvalue weighted by Gasteiger charge is -2.11. The lowest BCUT2D eigenvalue weighted by molar-refractivity contribution is -0.116. The van der Waals surface area contributed by atoms with Crippen LogP contribution in [-0.2, 0) is 17.9 Å². The zero-order chi connectivity index (χ0) is 23.0. The van der Waals surface area contributed by atoms with E-state index in [-0.39, 0.29) is 5.91 Å². The van der Waals surface area contributed by atoms with Gasteiger partial charge in [-0.05, 0) is 67.3 Å². The molecular formula is C28H29N3O2. The highest BCUT2D eigenvalue weighted by Gasteiger charge is 2.11. The van der Waals surface area contributed by atoms with Gasteiger partial charge in [-0.15, -0.1) is 0 Å². The van der Waals surface area contributed by atoms with Gasteiger partial charge in [0, 0.05) is 12.6 Å². The summed E-state index contributed by atoms with van der Waals surface area (Å²) in [5, 5.41) is 2.96. The van der Waals surface area contributed by atoms with E-state index in [2.05, 4.69) is 48.0 Å². The average Bonchev–Trinajstić information content (AvgIpc) is 3.16. The third kappa shape index (κ3) is 6.10. The van der Waals surface area contributed by atoms with E-state index in [0.29, 0.717) is 13.2 Å². The number of nitrogens with zero attached hydrogens (tertiary/aromatic N) is 2. The van der Waals surface area contributed by atoms with Gasteiger partial charge >= 0.3 is 0 Å². The van der Waals surface area contributed by atoms with Crippen molar-refractivity contribution in [2.75, 3.05) is 6.61 Å². The highest BCUT2D eigenvalue weighted by molar-refractivity contribution is 5.91. The van der Waals surface area contributed by atoms with E-state index in [1.165, 1.54) is 11.1 Å². The van der Waals surface area contributed by atoms with Crippen LogP contribution >= 0.6 is 0 Å². The molecule has 168 valence electrons. The topological polar surface area (TPSA) is 56.1 Å². The number of aromatic nitrogens is 2. The molecule has 1 heterocycles. The van der Waals surface area contributed by atoms with Gasteiger partial charge in [-0.1, -0.05) is 48.5 Å². The van der Waals surface area contributed by atoms with Crippen LogP contribution in [0, 0.1) is 13.8 Å². The smallest absolute Gasteiger partial charge is 0.244 e. The predicted octanol–water partition coefficient (Wildman–Crippen LogP) is 5.45. The molecule has 0 atom stereocenters. The number of fused-ring (bicyclic) bond motifs is 1. The highest BCUT2D eigenvalue weighted by atomic mass is 16.5. The maximum atomic E-state index is 12.3. The summed E-state index contributed by atoms with van der Waals surface area (Å²) in [6.45, 7) is 5.89. The number of carbonyl (C=O) groups is 1. The Morgan fingerprint density at radius 1 is 1.00 bits per heavy atom. The van der Waals surface area contributed by atoms with E-state index in [9.17, 15) is 4.79 Å². The summed E-state index contributed by atoms with van der Waals surface area (Å²) in [4.78, 5) is 17.1. The zero-order valence-corrected chi connectivity index (χ0v) is 19.1. The first-order chi connectivity index (χ1) is 16.1. The van der Waals surface area contributed by atoms with E-state index in [0.717, 1.165) is 41.1 Å². The number of para-hydroxylation sites is 2. The second-order valence-electron chi connectivity index (χ2n) is 8.16. The van der Waals surface area contributed by atoms with Gasteiger partial charge in [0.2, 0.25) is 5.91 Å². The number of amides is 1. The van der Waals surface area contributed by atoms with Crippen molar-refractivity contribution in [1.82, 2.24) is 14.9 Å². The monoisotopic (exact) mass is 439 g/mol. The number of hydrogen-bond acceptors (Lipinski definition) is 3. The second kappa shape index (κ2) is 10.6. The summed E-state index contributed by atoms with van der Waals surface area (Å²) in [6, 6.07) is 24.1. The summed E-state index contributed by atoms with van der Waals surface area (Å²) in [7, 11) is 0. The average molecular weight is 440 g/mol. The fourth-order valence-electron chi connectivity index (χ4n) is 3.90. The summed E-state index contributed by atoms with van der Waals surface area (Å²) < 4.78 is 8.15. The van der Waals surface area contributed by atoms with Crippen LogP contribution in [0.5, 0.6) is 5.75 Å². The SMILES string of the molecule is Cc1cc(C)cc(OCCCn2c(CNC(=O)/C=C\c3ccccc3)nc3ccccc32)c1. The van der Waals surface area contributed by atoms with Crippen molar-refractivity contribution in [2.24, 2.45) is 0 Å². The maximum Gasteiger partial charge on any atom is 0.244 e. The molecule has 4 rings (SSSR count). The van der Waals surface area contributed by atoms with Crippen molar-refractivity contribution < 1.29 is 9.53 Å². The Morgan fingerprint density at radius 3 is 2.52 bits per heavy atom. The van der Waals surface area contributed by atoms with Crippen LogP contribution in [0.4, 0.5) is 0 Å². The predicted molar refractivity (Wildman–Crippen MR) is 133 cm³/mol. The van der Waals surface area contributed by atoms with Crippen LogP contribution in [0.25, 0.3) is 17.1 Å². The summed E-state index contributed by atoms with van der Waals surface area (Å²) >= 11 is 0. The standard InChI is InChI=1S/C28H29N3O2/c1-21-17-22(2)19-24(18-21)33-16-8-15-31-26-12-7-6-11-25(26)30-27(31)20-29-28(32)14-13-23-9-4-3-5-10-23/h3-7,9-14,17-19H,8,15-16,20H2,1-2H3,(H,29,32)/b14-13-. The minimum Gasteiger partial charge on any atom is -0.494 e. The van der Waals surface area contributed by atoms with E-state index in [1.54, 1.807) is 6.08 Å². The van der Waals surface area contributed by atoms with Crippen molar-refractivity contribution in [3.05, 3.63) is 101 Å². The van der Waals surface area contributed by atoms with Gasteiger partial charge in [-0.3, -0.25) is 4.79 Å². The van der Waals surface area contributed by atoms with Crippen LogP contribution in [0.3, 0.4) is 0 Å². The number of benzene rings is 3. The van der Waals surface area contributed by atoms with Crippen LogP contribution < -0.4 is 10.1 Å². The number of imidazole rings is 1. The molecule has 0 spiro atoms. The Labute approximate surface area is 194 Å². The number of ether oxygens (including phenoxy) is 1. The number of hydrogen-bond donors (Lipinski definition) is 1. The van der Waals surface area contributed by atoms with Crippen molar-refractivity contribution in [3.63, 3.8) is 0 Å². The van der Waals surface area contributed by atoms with Gasteiger partial charge in [-0.2, -0.15) is 0 Å². The van der Waals surface area contributed by atoms with Crippen LogP contribution in [0.1, 0.15) is 28.9 Å². The zero-order valence-electron chi connectivity index (χ0n) is 19.1. The third-order valence-electron chi connectivity index (χ3n) is 5.37. The molecule has 0 saturated heterocycles. The Bertz CT molecular complexity index is 1240. The molecule has 1 N–H and O–H groups in total. The molecule has 0 bridgehead atoms. The highest BCUT2D eigenvalue weighted by Crippen LogP contribution is 2.18. The van der Waals surface area contributed by atoms with Crippen molar-refractivity contribution >= 4 is 23.0 Å². The molecule has 0 unspecified atom stereocenters.